The maximum atomic E-state index is 12.8. The number of nitrogens with one attached hydrogen (secondary N) is 1. The number of halogens is 4. The Morgan fingerprint density at radius 3 is 2.57 bits per heavy atom. The first-order valence-electron chi connectivity index (χ1n) is 6.73. The first kappa shape index (κ1) is 17.7. The summed E-state index contributed by atoms with van der Waals surface area (Å²) in [5.74, 6) is 0.275. The third-order valence-electron chi connectivity index (χ3n) is 2.97. The topological polar surface area (TPSA) is 29.1 Å². The van der Waals surface area contributed by atoms with Crippen LogP contribution < -0.4 is 5.32 Å². The highest BCUT2D eigenvalue weighted by Crippen LogP contribution is 2.34. The molecule has 0 saturated heterocycles. The predicted molar refractivity (Wildman–Crippen MR) is 87.2 cm³/mol. The number of rotatable bonds is 4. The SMILES string of the molecule is CCSc1ccccc1C(=O)Nc1cc(C(F)(F)F)ccc1Cl. The molecule has 1 amide bonds. The molecule has 1 N–H and O–H groups in total. The van der Waals surface area contributed by atoms with Gasteiger partial charge in [0.15, 0.2) is 0 Å². The number of hydrogen-bond acceptors (Lipinski definition) is 2. The molecule has 0 aliphatic carbocycles. The lowest BCUT2D eigenvalue weighted by atomic mass is 10.1. The van der Waals surface area contributed by atoms with Gasteiger partial charge in [-0.25, -0.2) is 0 Å². The monoisotopic (exact) mass is 359 g/mol. The number of anilines is 1. The zero-order valence-corrected chi connectivity index (χ0v) is 13.6. The van der Waals surface area contributed by atoms with Gasteiger partial charge in [-0.05, 0) is 36.1 Å². The van der Waals surface area contributed by atoms with Crippen LogP contribution in [0.1, 0.15) is 22.8 Å². The molecule has 0 fully saturated rings. The number of carbonyl (C=O) groups excluding carboxylic acids is 1. The molecule has 122 valence electrons. The van der Waals surface area contributed by atoms with E-state index in [1.807, 2.05) is 6.92 Å². The van der Waals surface area contributed by atoms with Crippen molar-refractivity contribution in [3.8, 4) is 0 Å². The molecular weight excluding hydrogens is 347 g/mol. The van der Waals surface area contributed by atoms with Gasteiger partial charge >= 0.3 is 6.18 Å². The van der Waals surface area contributed by atoms with E-state index in [1.165, 1.54) is 11.8 Å². The Morgan fingerprint density at radius 1 is 1.22 bits per heavy atom. The van der Waals surface area contributed by atoms with Crippen LogP contribution in [0.15, 0.2) is 47.4 Å². The molecule has 7 heteroatoms. The van der Waals surface area contributed by atoms with Gasteiger partial charge in [-0.15, -0.1) is 11.8 Å². The first-order chi connectivity index (χ1) is 10.8. The van der Waals surface area contributed by atoms with E-state index in [9.17, 15) is 18.0 Å². The van der Waals surface area contributed by atoms with Crippen molar-refractivity contribution in [3.05, 3.63) is 58.6 Å². The molecule has 0 aliphatic heterocycles. The smallest absolute Gasteiger partial charge is 0.321 e. The lowest BCUT2D eigenvalue weighted by Crippen LogP contribution is -2.14. The summed E-state index contributed by atoms with van der Waals surface area (Å²) in [6.07, 6.45) is -4.50. The molecule has 0 heterocycles. The molecule has 0 saturated carbocycles. The van der Waals surface area contributed by atoms with E-state index >= 15 is 0 Å². The van der Waals surface area contributed by atoms with Crippen LogP contribution in [0.3, 0.4) is 0 Å². The molecule has 0 spiro atoms. The lowest BCUT2D eigenvalue weighted by molar-refractivity contribution is -0.137. The van der Waals surface area contributed by atoms with E-state index in [2.05, 4.69) is 5.32 Å². The summed E-state index contributed by atoms with van der Waals surface area (Å²) < 4.78 is 38.3. The van der Waals surface area contributed by atoms with Gasteiger partial charge in [0, 0.05) is 4.90 Å². The van der Waals surface area contributed by atoms with E-state index in [0.29, 0.717) is 5.56 Å². The zero-order chi connectivity index (χ0) is 17.0. The van der Waals surface area contributed by atoms with Crippen LogP contribution in [-0.2, 0) is 6.18 Å². The van der Waals surface area contributed by atoms with Crippen LogP contribution in [0.25, 0.3) is 0 Å². The Kier molecular flexibility index (Phi) is 5.59. The lowest BCUT2D eigenvalue weighted by Gasteiger charge is -2.13. The maximum absolute atomic E-state index is 12.8. The van der Waals surface area contributed by atoms with Crippen molar-refractivity contribution in [1.29, 1.82) is 0 Å². The maximum Gasteiger partial charge on any atom is 0.416 e. The van der Waals surface area contributed by atoms with Gasteiger partial charge in [0.2, 0.25) is 0 Å². The summed E-state index contributed by atoms with van der Waals surface area (Å²) in [6.45, 7) is 1.95. The Bertz CT molecular complexity index is 719. The molecule has 2 nitrogen and oxygen atoms in total. The average molecular weight is 360 g/mol. The Labute approximate surface area is 141 Å². The van der Waals surface area contributed by atoms with Gasteiger partial charge in [0.25, 0.3) is 5.91 Å². The first-order valence-corrected chi connectivity index (χ1v) is 8.09. The summed E-state index contributed by atoms with van der Waals surface area (Å²) in [4.78, 5) is 13.1. The standard InChI is InChI=1S/C16H13ClF3NOS/c1-2-23-14-6-4-3-5-11(14)15(22)21-13-9-10(16(18,19)20)7-8-12(13)17/h3-9H,2H2,1H3,(H,21,22). The van der Waals surface area contributed by atoms with Crippen LogP contribution in [0.2, 0.25) is 5.02 Å². The summed E-state index contributed by atoms with van der Waals surface area (Å²) in [7, 11) is 0. The minimum Gasteiger partial charge on any atom is -0.321 e. The molecule has 2 aromatic rings. The predicted octanol–water partition coefficient (Wildman–Crippen LogP) is 5.72. The van der Waals surface area contributed by atoms with Crippen molar-refractivity contribution < 1.29 is 18.0 Å². The summed E-state index contributed by atoms with van der Waals surface area (Å²) in [5.41, 5.74) is -0.538. The van der Waals surface area contributed by atoms with Crippen molar-refractivity contribution in [3.63, 3.8) is 0 Å². The minimum atomic E-state index is -4.50. The third-order valence-corrected chi connectivity index (χ3v) is 4.26. The second kappa shape index (κ2) is 7.27. The van der Waals surface area contributed by atoms with Gasteiger partial charge in [-0.3, -0.25) is 4.79 Å². The highest BCUT2D eigenvalue weighted by Gasteiger charge is 2.31. The largest absolute Gasteiger partial charge is 0.416 e. The van der Waals surface area contributed by atoms with Crippen molar-refractivity contribution in [2.24, 2.45) is 0 Å². The molecular formula is C16H13ClF3NOS. The van der Waals surface area contributed by atoms with Crippen molar-refractivity contribution in [2.45, 2.75) is 18.0 Å². The minimum absolute atomic E-state index is 0.0481. The Hall–Kier alpha value is -1.66. The van der Waals surface area contributed by atoms with Crippen molar-refractivity contribution in [2.75, 3.05) is 11.1 Å². The van der Waals surface area contributed by atoms with E-state index in [1.54, 1.807) is 24.3 Å². The molecule has 0 atom stereocenters. The van der Waals surface area contributed by atoms with Gasteiger partial charge in [-0.2, -0.15) is 13.2 Å². The highest BCUT2D eigenvalue weighted by atomic mass is 35.5. The quantitative estimate of drug-likeness (QED) is 0.707. The molecule has 0 aromatic heterocycles. The van der Waals surface area contributed by atoms with Crippen LogP contribution in [0.5, 0.6) is 0 Å². The third kappa shape index (κ3) is 4.42. The van der Waals surface area contributed by atoms with E-state index in [4.69, 9.17) is 11.6 Å². The zero-order valence-electron chi connectivity index (χ0n) is 12.1. The van der Waals surface area contributed by atoms with Gasteiger partial charge < -0.3 is 5.32 Å². The van der Waals surface area contributed by atoms with Crippen molar-refractivity contribution in [1.82, 2.24) is 0 Å². The fraction of sp³-hybridized carbons (Fsp3) is 0.188. The van der Waals surface area contributed by atoms with E-state index in [0.717, 1.165) is 28.8 Å². The normalized spacial score (nSPS) is 11.3. The number of hydrogen-bond donors (Lipinski definition) is 1. The van der Waals surface area contributed by atoms with Crippen LogP contribution in [0.4, 0.5) is 18.9 Å². The van der Waals surface area contributed by atoms with E-state index in [-0.39, 0.29) is 10.7 Å². The molecule has 23 heavy (non-hydrogen) atoms. The van der Waals surface area contributed by atoms with Crippen LogP contribution in [-0.4, -0.2) is 11.7 Å². The van der Waals surface area contributed by atoms with Gasteiger partial charge in [0.1, 0.15) is 0 Å². The molecule has 0 aliphatic rings. The van der Waals surface area contributed by atoms with Gasteiger partial charge in [0.05, 0.1) is 21.8 Å². The summed E-state index contributed by atoms with van der Waals surface area (Å²) in [6, 6.07) is 9.72. The number of alkyl halides is 3. The molecule has 2 rings (SSSR count). The summed E-state index contributed by atoms with van der Waals surface area (Å²) >= 11 is 7.37. The number of benzene rings is 2. The van der Waals surface area contributed by atoms with Crippen LogP contribution in [0, 0.1) is 0 Å². The van der Waals surface area contributed by atoms with E-state index < -0.39 is 17.6 Å². The van der Waals surface area contributed by atoms with Crippen molar-refractivity contribution >= 4 is 35.0 Å². The fourth-order valence-corrected chi connectivity index (χ4v) is 2.89. The second-order valence-corrected chi connectivity index (χ2v) is 6.29. The number of thioether (sulfide) groups is 1. The Balaban J connectivity index is 2.31. The molecule has 2 aromatic carbocycles. The Morgan fingerprint density at radius 2 is 1.91 bits per heavy atom. The van der Waals surface area contributed by atoms with Gasteiger partial charge in [-0.1, -0.05) is 30.7 Å². The second-order valence-electron chi connectivity index (χ2n) is 4.58. The fourth-order valence-electron chi connectivity index (χ4n) is 1.92. The summed E-state index contributed by atoms with van der Waals surface area (Å²) in [5, 5.41) is 2.50. The highest BCUT2D eigenvalue weighted by molar-refractivity contribution is 7.99. The number of amides is 1. The average Bonchev–Trinajstić information content (AvgIpc) is 2.49. The molecule has 0 bridgehead atoms. The molecule has 0 unspecified atom stereocenters. The van der Waals surface area contributed by atoms with Crippen LogP contribution >= 0.6 is 23.4 Å². The number of carbonyl (C=O) groups is 1. The molecule has 0 radical (unpaired) electrons.